The molecular weight excluding hydrogens is 291 g/mol. The number of nitro benzene ring substituents is 1. The minimum atomic E-state index is -4.20. The predicted molar refractivity (Wildman–Crippen MR) is 69.2 cm³/mol. The number of nitrogens with zero attached hydrogens (tertiary/aromatic N) is 2. The zero-order valence-corrected chi connectivity index (χ0v) is 12.0. The van der Waals surface area contributed by atoms with E-state index in [-0.39, 0.29) is 6.54 Å². The molecule has 0 saturated carbocycles. The van der Waals surface area contributed by atoms with Gasteiger partial charge in [0.05, 0.1) is 16.6 Å². The second-order valence-corrected chi connectivity index (χ2v) is 6.96. The highest BCUT2D eigenvalue weighted by Crippen LogP contribution is 2.27. The number of likely N-dealkylation sites (N-methyl/N-ethyl adjacent to an activating group) is 1. The van der Waals surface area contributed by atoms with E-state index >= 15 is 0 Å². The number of nitro groups is 1. The molecule has 1 aromatic rings. The highest BCUT2D eigenvalue weighted by atomic mass is 32.2. The van der Waals surface area contributed by atoms with Crippen LogP contribution in [0.2, 0.25) is 0 Å². The molecule has 0 heterocycles. The SMILES string of the molecule is CN(CC(C)(C)O)S(=O)(=O)c1ccc(F)cc1[N+](=O)[O-]. The van der Waals surface area contributed by atoms with Crippen molar-refractivity contribution in [3.05, 3.63) is 34.1 Å². The summed E-state index contributed by atoms with van der Waals surface area (Å²) in [6, 6.07) is 2.21. The van der Waals surface area contributed by atoms with Crippen LogP contribution in [-0.2, 0) is 10.0 Å². The quantitative estimate of drug-likeness (QED) is 0.649. The molecule has 9 heteroatoms. The maximum Gasteiger partial charge on any atom is 0.292 e. The van der Waals surface area contributed by atoms with Gasteiger partial charge >= 0.3 is 0 Å². The van der Waals surface area contributed by atoms with Gasteiger partial charge in [-0.1, -0.05) is 0 Å². The number of halogens is 1. The zero-order chi connectivity index (χ0) is 15.7. The number of rotatable bonds is 5. The summed E-state index contributed by atoms with van der Waals surface area (Å²) in [7, 11) is -3.02. The van der Waals surface area contributed by atoms with E-state index in [9.17, 15) is 28.0 Å². The lowest BCUT2D eigenvalue weighted by molar-refractivity contribution is -0.388. The third-order valence-corrected chi connectivity index (χ3v) is 4.27. The Bertz CT molecular complexity index is 624. The number of benzene rings is 1. The summed E-state index contributed by atoms with van der Waals surface area (Å²) in [6.45, 7) is 2.54. The Morgan fingerprint density at radius 3 is 2.45 bits per heavy atom. The van der Waals surface area contributed by atoms with Crippen molar-refractivity contribution in [3.8, 4) is 0 Å². The highest BCUT2D eigenvalue weighted by Gasteiger charge is 2.32. The lowest BCUT2D eigenvalue weighted by atomic mass is 10.1. The zero-order valence-electron chi connectivity index (χ0n) is 11.2. The van der Waals surface area contributed by atoms with Crippen LogP contribution in [0.5, 0.6) is 0 Å². The fraction of sp³-hybridized carbons (Fsp3) is 0.455. The van der Waals surface area contributed by atoms with E-state index in [1.807, 2.05) is 0 Å². The van der Waals surface area contributed by atoms with Crippen molar-refractivity contribution < 1.29 is 22.8 Å². The molecule has 0 aliphatic heterocycles. The molecule has 1 rings (SSSR count). The van der Waals surface area contributed by atoms with Gasteiger partial charge in [0.15, 0.2) is 4.90 Å². The largest absolute Gasteiger partial charge is 0.389 e. The second kappa shape index (κ2) is 5.43. The van der Waals surface area contributed by atoms with E-state index in [1.165, 1.54) is 20.9 Å². The van der Waals surface area contributed by atoms with Gasteiger partial charge in [-0.3, -0.25) is 10.1 Å². The van der Waals surface area contributed by atoms with Crippen LogP contribution >= 0.6 is 0 Å². The van der Waals surface area contributed by atoms with Crippen LogP contribution in [0.15, 0.2) is 23.1 Å². The van der Waals surface area contributed by atoms with E-state index in [4.69, 9.17) is 0 Å². The smallest absolute Gasteiger partial charge is 0.292 e. The molecule has 1 N–H and O–H groups in total. The van der Waals surface area contributed by atoms with Gasteiger partial charge in [0.1, 0.15) is 5.82 Å². The molecule has 0 amide bonds. The molecule has 1 aromatic carbocycles. The van der Waals surface area contributed by atoms with E-state index in [1.54, 1.807) is 0 Å². The van der Waals surface area contributed by atoms with Gasteiger partial charge in [-0.15, -0.1) is 0 Å². The Labute approximate surface area is 115 Å². The topological polar surface area (TPSA) is 101 Å². The number of sulfonamides is 1. The first-order valence-electron chi connectivity index (χ1n) is 5.58. The number of hydrogen-bond donors (Lipinski definition) is 1. The Kier molecular flexibility index (Phi) is 4.47. The molecule has 0 aliphatic carbocycles. The Morgan fingerprint density at radius 2 is 2.00 bits per heavy atom. The lowest BCUT2D eigenvalue weighted by Gasteiger charge is -2.24. The van der Waals surface area contributed by atoms with Gasteiger partial charge in [-0.05, 0) is 26.0 Å². The summed E-state index contributed by atoms with van der Waals surface area (Å²) in [6.07, 6.45) is 0. The number of hydrogen-bond acceptors (Lipinski definition) is 5. The average molecular weight is 306 g/mol. The molecule has 0 spiro atoms. The minimum absolute atomic E-state index is 0.260. The van der Waals surface area contributed by atoms with Crippen LogP contribution in [0.1, 0.15) is 13.8 Å². The summed E-state index contributed by atoms with van der Waals surface area (Å²) in [5.41, 5.74) is -2.15. The van der Waals surface area contributed by atoms with Crippen molar-refractivity contribution in [1.29, 1.82) is 0 Å². The van der Waals surface area contributed by atoms with Crippen molar-refractivity contribution in [1.82, 2.24) is 4.31 Å². The molecular formula is C11H15FN2O5S. The summed E-state index contributed by atoms with van der Waals surface area (Å²) in [5.74, 6) is -0.902. The van der Waals surface area contributed by atoms with Crippen LogP contribution < -0.4 is 0 Å². The first kappa shape index (κ1) is 16.5. The van der Waals surface area contributed by atoms with Crippen LogP contribution in [0, 0.1) is 15.9 Å². The molecule has 7 nitrogen and oxygen atoms in total. The van der Waals surface area contributed by atoms with Gasteiger partial charge in [0, 0.05) is 13.6 Å². The van der Waals surface area contributed by atoms with Crippen LogP contribution in [0.4, 0.5) is 10.1 Å². The van der Waals surface area contributed by atoms with Crippen molar-refractivity contribution in [2.45, 2.75) is 24.3 Å². The fourth-order valence-corrected chi connectivity index (χ4v) is 3.11. The summed E-state index contributed by atoms with van der Waals surface area (Å²) >= 11 is 0. The summed E-state index contributed by atoms with van der Waals surface area (Å²) < 4.78 is 38.3. The highest BCUT2D eigenvalue weighted by molar-refractivity contribution is 7.89. The molecule has 0 atom stereocenters. The molecule has 0 bridgehead atoms. The Morgan fingerprint density at radius 1 is 1.45 bits per heavy atom. The van der Waals surface area contributed by atoms with Crippen LogP contribution in [0.3, 0.4) is 0 Å². The lowest BCUT2D eigenvalue weighted by Crippen LogP contribution is -2.39. The molecule has 0 fully saturated rings. The molecule has 0 aliphatic rings. The first-order chi connectivity index (χ1) is 8.95. The monoisotopic (exact) mass is 306 g/mol. The summed E-state index contributed by atoms with van der Waals surface area (Å²) in [4.78, 5) is 9.26. The van der Waals surface area contributed by atoms with Gasteiger partial charge < -0.3 is 5.11 Å². The average Bonchev–Trinajstić information content (AvgIpc) is 2.25. The third-order valence-electron chi connectivity index (χ3n) is 2.42. The maximum atomic E-state index is 13.0. The van der Waals surface area contributed by atoms with E-state index in [0.29, 0.717) is 6.07 Å². The normalized spacial score (nSPS) is 12.7. The van der Waals surface area contributed by atoms with Crippen molar-refractivity contribution >= 4 is 15.7 Å². The molecule has 0 unspecified atom stereocenters. The molecule has 20 heavy (non-hydrogen) atoms. The summed E-state index contributed by atoms with van der Waals surface area (Å²) in [5, 5.41) is 20.5. The van der Waals surface area contributed by atoms with Gasteiger partial charge in [-0.2, -0.15) is 4.31 Å². The third kappa shape index (κ3) is 3.71. The first-order valence-corrected chi connectivity index (χ1v) is 7.02. The van der Waals surface area contributed by atoms with E-state index < -0.39 is 36.9 Å². The second-order valence-electron chi connectivity index (χ2n) is 4.94. The van der Waals surface area contributed by atoms with Crippen LogP contribution in [-0.4, -0.2) is 41.9 Å². The van der Waals surface area contributed by atoms with E-state index in [2.05, 4.69) is 0 Å². The van der Waals surface area contributed by atoms with Crippen molar-refractivity contribution in [3.63, 3.8) is 0 Å². The number of aliphatic hydroxyl groups is 1. The minimum Gasteiger partial charge on any atom is -0.389 e. The van der Waals surface area contributed by atoms with Gasteiger partial charge in [0.25, 0.3) is 5.69 Å². The molecule has 0 radical (unpaired) electrons. The van der Waals surface area contributed by atoms with Gasteiger partial charge in [-0.25, -0.2) is 12.8 Å². The van der Waals surface area contributed by atoms with Gasteiger partial charge in [0.2, 0.25) is 10.0 Å². The molecule has 112 valence electrons. The standard InChI is InChI=1S/C11H15FN2O5S/c1-11(2,15)7-13(3)20(18,19)10-5-4-8(12)6-9(10)14(16)17/h4-6,15H,7H2,1-3H3. The van der Waals surface area contributed by atoms with E-state index in [0.717, 1.165) is 16.4 Å². The Hall–Kier alpha value is -1.58. The molecule has 0 saturated heterocycles. The predicted octanol–water partition coefficient (Wildman–Crippen LogP) is 1.13. The maximum absolute atomic E-state index is 13.0. The Balaban J connectivity index is 3.32. The molecule has 0 aromatic heterocycles. The van der Waals surface area contributed by atoms with Crippen molar-refractivity contribution in [2.24, 2.45) is 0 Å². The van der Waals surface area contributed by atoms with Crippen LogP contribution in [0.25, 0.3) is 0 Å². The van der Waals surface area contributed by atoms with Crippen molar-refractivity contribution in [2.75, 3.05) is 13.6 Å². The fourth-order valence-electron chi connectivity index (χ4n) is 1.65.